The molecule has 2 unspecified atom stereocenters. The normalized spacial score (nSPS) is 17.2. The Labute approximate surface area is 302 Å². The van der Waals surface area contributed by atoms with E-state index in [1.807, 2.05) is 38.1 Å². The Balaban J connectivity index is 1.06. The predicted octanol–water partition coefficient (Wildman–Crippen LogP) is 2.55. The third-order valence-corrected chi connectivity index (χ3v) is 7.54. The van der Waals surface area contributed by atoms with E-state index < -0.39 is 49.9 Å². The minimum absolute atomic E-state index is 0.191. The molecule has 2 heterocycles. The van der Waals surface area contributed by atoms with E-state index in [2.05, 4.69) is 0 Å². The quantitative estimate of drug-likeness (QED) is 0.162. The SMILES string of the molecule is CCOc1ccccc1OCC1CN(C(=O)OCOC(=O)CN(C)CC(=O)OCOC(=O)N2CCOC(COc3ccccc3OCC)C2)CCO1. The fourth-order valence-electron chi connectivity index (χ4n) is 5.09. The van der Waals surface area contributed by atoms with Crippen LogP contribution in [0.4, 0.5) is 9.59 Å². The van der Waals surface area contributed by atoms with Crippen LogP contribution < -0.4 is 18.9 Å². The van der Waals surface area contributed by atoms with Gasteiger partial charge in [0.25, 0.3) is 0 Å². The van der Waals surface area contributed by atoms with Crippen molar-refractivity contribution < 1.29 is 66.5 Å². The lowest BCUT2D eigenvalue weighted by Gasteiger charge is -2.32. The highest BCUT2D eigenvalue weighted by Gasteiger charge is 2.28. The highest BCUT2D eigenvalue weighted by atomic mass is 16.7. The van der Waals surface area contributed by atoms with Crippen molar-refractivity contribution in [2.24, 2.45) is 0 Å². The van der Waals surface area contributed by atoms with Crippen LogP contribution in [0.2, 0.25) is 0 Å². The Bertz CT molecular complexity index is 1340. The van der Waals surface area contributed by atoms with Crippen LogP contribution in [0.15, 0.2) is 48.5 Å². The average Bonchev–Trinajstić information content (AvgIpc) is 3.14. The maximum Gasteiger partial charge on any atom is 0.412 e. The van der Waals surface area contributed by atoms with Crippen LogP contribution in [0, 0.1) is 0 Å². The minimum Gasteiger partial charge on any atom is -0.490 e. The molecule has 2 aliphatic heterocycles. The van der Waals surface area contributed by atoms with Crippen molar-refractivity contribution in [3.8, 4) is 23.0 Å². The van der Waals surface area contributed by atoms with Gasteiger partial charge in [0.15, 0.2) is 23.0 Å². The summed E-state index contributed by atoms with van der Waals surface area (Å²) in [4.78, 5) is 53.8. The number of esters is 2. The highest BCUT2D eigenvalue weighted by molar-refractivity contribution is 5.75. The van der Waals surface area contributed by atoms with Gasteiger partial charge in [0.1, 0.15) is 25.4 Å². The van der Waals surface area contributed by atoms with Crippen molar-refractivity contribution >= 4 is 24.1 Å². The van der Waals surface area contributed by atoms with Crippen molar-refractivity contribution in [1.29, 1.82) is 0 Å². The van der Waals surface area contributed by atoms with Gasteiger partial charge >= 0.3 is 24.1 Å². The number of rotatable bonds is 18. The molecule has 2 aromatic rings. The summed E-state index contributed by atoms with van der Waals surface area (Å²) in [5.74, 6) is 0.907. The Morgan fingerprint density at radius 1 is 0.635 bits per heavy atom. The average molecular weight is 734 g/mol. The van der Waals surface area contributed by atoms with Crippen molar-refractivity contribution in [1.82, 2.24) is 14.7 Å². The Kier molecular flexibility index (Phi) is 16.4. The summed E-state index contributed by atoms with van der Waals surface area (Å²) in [5, 5.41) is 0. The van der Waals surface area contributed by atoms with Gasteiger partial charge in [-0.25, -0.2) is 9.59 Å². The summed E-state index contributed by atoms with van der Waals surface area (Å²) in [6, 6.07) is 14.5. The van der Waals surface area contributed by atoms with E-state index in [1.54, 1.807) is 24.3 Å². The molecule has 0 aliphatic carbocycles. The smallest absolute Gasteiger partial charge is 0.412 e. The second-order valence-corrected chi connectivity index (χ2v) is 11.5. The summed E-state index contributed by atoms with van der Waals surface area (Å²) < 4.78 is 54.5. The van der Waals surface area contributed by atoms with E-state index in [0.717, 1.165) is 0 Å². The molecular formula is C35H47N3O14. The van der Waals surface area contributed by atoms with Gasteiger partial charge in [0.05, 0.1) is 52.6 Å². The summed E-state index contributed by atoms with van der Waals surface area (Å²) in [6.07, 6.45) is -2.15. The molecule has 2 aliphatic rings. The number of morpholine rings is 2. The maximum atomic E-state index is 12.6. The molecule has 0 spiro atoms. The molecule has 52 heavy (non-hydrogen) atoms. The van der Waals surface area contributed by atoms with E-state index in [9.17, 15) is 19.2 Å². The van der Waals surface area contributed by atoms with Crippen LogP contribution >= 0.6 is 0 Å². The second kappa shape index (κ2) is 21.4. The van der Waals surface area contributed by atoms with Crippen molar-refractivity contribution in [2.75, 3.05) is 99.5 Å². The molecule has 0 N–H and O–H groups in total. The van der Waals surface area contributed by atoms with E-state index in [0.29, 0.717) is 49.3 Å². The van der Waals surface area contributed by atoms with Crippen LogP contribution in [0.3, 0.4) is 0 Å². The molecule has 4 rings (SSSR count). The van der Waals surface area contributed by atoms with E-state index in [-0.39, 0.29) is 52.6 Å². The van der Waals surface area contributed by atoms with Gasteiger partial charge < -0.3 is 57.2 Å². The first-order chi connectivity index (χ1) is 25.2. The summed E-state index contributed by atoms with van der Waals surface area (Å²) in [6.45, 7) is 4.92. The van der Waals surface area contributed by atoms with Crippen molar-refractivity contribution in [3.05, 3.63) is 48.5 Å². The lowest BCUT2D eigenvalue weighted by molar-refractivity contribution is -0.157. The van der Waals surface area contributed by atoms with Crippen molar-refractivity contribution in [2.45, 2.75) is 26.1 Å². The largest absolute Gasteiger partial charge is 0.490 e. The molecule has 2 saturated heterocycles. The molecule has 0 radical (unpaired) electrons. The topological polar surface area (TPSA) is 170 Å². The number of carbonyl (C=O) groups is 4. The number of para-hydroxylation sites is 4. The van der Waals surface area contributed by atoms with Gasteiger partial charge in [-0.1, -0.05) is 24.3 Å². The first kappa shape index (κ1) is 39.8. The Morgan fingerprint density at radius 3 is 1.40 bits per heavy atom. The number of benzene rings is 2. The number of nitrogens with zero attached hydrogens (tertiary/aromatic N) is 3. The fraction of sp³-hybridized carbons (Fsp3) is 0.543. The molecule has 0 bridgehead atoms. The molecule has 2 atom stereocenters. The molecule has 17 nitrogen and oxygen atoms in total. The molecule has 286 valence electrons. The van der Waals surface area contributed by atoms with Gasteiger partial charge in [0.2, 0.25) is 13.6 Å². The standard InChI is InChI=1S/C35H47N3O14/c1-4-43-28-10-6-8-12-30(28)47-22-26-18-37(14-16-45-26)34(41)51-24-49-32(39)20-36(3)21-33(40)50-25-52-35(42)38-15-17-46-27(19-38)23-48-31-13-9-7-11-29(31)44-5-2/h6-13,26-27H,4-5,14-25H2,1-3H3. The first-order valence-corrected chi connectivity index (χ1v) is 17.0. The Hall–Kier alpha value is -5.00. The third kappa shape index (κ3) is 13.3. The number of hydrogen-bond donors (Lipinski definition) is 0. The molecular weight excluding hydrogens is 686 g/mol. The first-order valence-electron chi connectivity index (χ1n) is 17.0. The summed E-state index contributed by atoms with van der Waals surface area (Å²) in [7, 11) is 1.49. The van der Waals surface area contributed by atoms with E-state index in [4.69, 9.17) is 47.4 Å². The van der Waals surface area contributed by atoms with Crippen LogP contribution in [0.1, 0.15) is 13.8 Å². The number of likely N-dealkylation sites (N-methyl/N-ethyl adjacent to an activating group) is 1. The lowest BCUT2D eigenvalue weighted by atomic mass is 10.3. The third-order valence-electron chi connectivity index (χ3n) is 7.54. The zero-order valence-corrected chi connectivity index (χ0v) is 29.7. The molecule has 2 aromatic carbocycles. The minimum atomic E-state index is -0.733. The van der Waals surface area contributed by atoms with Gasteiger partial charge in [-0.2, -0.15) is 0 Å². The van der Waals surface area contributed by atoms with E-state index in [1.165, 1.54) is 21.7 Å². The van der Waals surface area contributed by atoms with Gasteiger partial charge in [-0.15, -0.1) is 0 Å². The predicted molar refractivity (Wildman–Crippen MR) is 181 cm³/mol. The highest BCUT2D eigenvalue weighted by Crippen LogP contribution is 2.28. The molecule has 2 amide bonds. The number of ether oxygens (including phenoxy) is 10. The van der Waals surface area contributed by atoms with Gasteiger partial charge in [-0.05, 0) is 45.2 Å². The summed E-state index contributed by atoms with van der Waals surface area (Å²) >= 11 is 0. The number of carbonyl (C=O) groups excluding carboxylic acids is 4. The molecule has 0 saturated carbocycles. The van der Waals surface area contributed by atoms with Crippen LogP contribution in [0.25, 0.3) is 0 Å². The van der Waals surface area contributed by atoms with E-state index >= 15 is 0 Å². The Morgan fingerprint density at radius 2 is 1.02 bits per heavy atom. The van der Waals surface area contributed by atoms with Gasteiger partial charge in [0, 0.05) is 13.1 Å². The maximum absolute atomic E-state index is 12.6. The molecule has 17 heteroatoms. The monoisotopic (exact) mass is 733 g/mol. The van der Waals surface area contributed by atoms with Crippen LogP contribution in [-0.4, -0.2) is 151 Å². The molecule has 0 aromatic heterocycles. The summed E-state index contributed by atoms with van der Waals surface area (Å²) in [5.41, 5.74) is 0. The molecule has 2 fully saturated rings. The zero-order valence-electron chi connectivity index (χ0n) is 29.7. The number of hydrogen-bond acceptors (Lipinski definition) is 15. The fourth-order valence-corrected chi connectivity index (χ4v) is 5.09. The number of amides is 2. The lowest BCUT2D eigenvalue weighted by Crippen LogP contribution is -2.48. The van der Waals surface area contributed by atoms with Gasteiger partial charge in [-0.3, -0.25) is 14.5 Å². The van der Waals surface area contributed by atoms with Crippen LogP contribution in [-0.2, 0) is 38.0 Å². The van der Waals surface area contributed by atoms with Crippen molar-refractivity contribution in [3.63, 3.8) is 0 Å². The second-order valence-electron chi connectivity index (χ2n) is 11.5. The van der Waals surface area contributed by atoms with Crippen LogP contribution in [0.5, 0.6) is 23.0 Å². The zero-order chi connectivity index (χ0) is 37.1.